The van der Waals surface area contributed by atoms with Crippen molar-refractivity contribution in [3.63, 3.8) is 0 Å². The molecule has 2 fully saturated rings. The molecule has 1 aromatic carbocycles. The summed E-state index contributed by atoms with van der Waals surface area (Å²) >= 11 is 0. The average Bonchev–Trinajstić information content (AvgIpc) is 2.85. The molecule has 1 atom stereocenters. The molecule has 4 rings (SSSR count). The van der Waals surface area contributed by atoms with Crippen LogP contribution in [-0.2, 0) is 25.0 Å². The maximum Gasteiger partial charge on any atom is 0.243 e. The Kier molecular flexibility index (Phi) is 7.30. The Morgan fingerprint density at radius 3 is 2.38 bits per heavy atom. The number of likely N-dealkylation sites (tertiary alicyclic amines) is 1. The average molecular weight is 486 g/mol. The Balaban J connectivity index is 1.39. The Bertz CT molecular complexity index is 1120. The van der Waals surface area contributed by atoms with E-state index in [1.165, 1.54) is 16.4 Å². The molecular formula is C24H31N5O4S. The first-order valence-electron chi connectivity index (χ1n) is 11.7. The monoisotopic (exact) mass is 485 g/mol. The zero-order valence-corrected chi connectivity index (χ0v) is 20.0. The second-order valence-corrected chi connectivity index (χ2v) is 11.0. The summed E-state index contributed by atoms with van der Waals surface area (Å²) in [6.07, 6.45) is 5.75. The molecule has 9 nitrogen and oxygen atoms in total. The van der Waals surface area contributed by atoms with Gasteiger partial charge < -0.3 is 11.1 Å². The quantitative estimate of drug-likeness (QED) is 0.615. The van der Waals surface area contributed by atoms with Crippen LogP contribution >= 0.6 is 0 Å². The summed E-state index contributed by atoms with van der Waals surface area (Å²) in [5.41, 5.74) is 6.01. The highest BCUT2D eigenvalue weighted by Crippen LogP contribution is 2.32. The van der Waals surface area contributed by atoms with E-state index in [-0.39, 0.29) is 17.3 Å². The summed E-state index contributed by atoms with van der Waals surface area (Å²) < 4.78 is 27.1. The van der Waals surface area contributed by atoms with Crippen LogP contribution in [-0.4, -0.2) is 67.1 Å². The molecule has 0 radical (unpaired) electrons. The Hall–Kier alpha value is -2.82. The minimum absolute atomic E-state index is 0.0929. The van der Waals surface area contributed by atoms with E-state index in [0.717, 1.165) is 25.7 Å². The second-order valence-electron chi connectivity index (χ2n) is 9.01. The van der Waals surface area contributed by atoms with E-state index < -0.39 is 21.3 Å². The molecule has 10 heteroatoms. The van der Waals surface area contributed by atoms with E-state index in [9.17, 15) is 18.0 Å². The van der Waals surface area contributed by atoms with Gasteiger partial charge in [-0.1, -0.05) is 12.5 Å². The van der Waals surface area contributed by atoms with Gasteiger partial charge in [0.1, 0.15) is 5.41 Å². The number of nitrogens with one attached hydrogen (secondary N) is 1. The Labute approximate surface area is 200 Å². The molecule has 2 aliphatic rings. The molecule has 0 spiro atoms. The summed E-state index contributed by atoms with van der Waals surface area (Å²) in [6, 6.07) is 11.7. The van der Waals surface area contributed by atoms with Crippen molar-refractivity contribution in [2.45, 2.75) is 42.4 Å². The molecule has 2 saturated heterocycles. The number of rotatable bonds is 7. The number of benzene rings is 1. The number of sulfonamides is 1. The summed E-state index contributed by atoms with van der Waals surface area (Å²) in [4.78, 5) is 31.6. The highest BCUT2D eigenvalue weighted by molar-refractivity contribution is 7.89. The number of primary amides is 1. The first kappa shape index (κ1) is 24.3. The van der Waals surface area contributed by atoms with Crippen LogP contribution in [0.5, 0.6) is 0 Å². The fraction of sp³-hybridized carbons (Fsp3) is 0.458. The number of piperidine rings is 2. The van der Waals surface area contributed by atoms with Crippen LogP contribution in [0.15, 0.2) is 53.6 Å². The van der Waals surface area contributed by atoms with Gasteiger partial charge in [-0.2, -0.15) is 4.31 Å². The molecule has 0 saturated carbocycles. The largest absolute Gasteiger partial charge is 0.369 e. The Morgan fingerprint density at radius 1 is 1.00 bits per heavy atom. The van der Waals surface area contributed by atoms with E-state index >= 15 is 0 Å². The lowest BCUT2D eigenvalue weighted by atomic mass is 9.76. The number of aromatic nitrogens is 1. The molecule has 34 heavy (non-hydrogen) atoms. The minimum atomic E-state index is -3.51. The van der Waals surface area contributed by atoms with E-state index in [0.29, 0.717) is 44.0 Å². The van der Waals surface area contributed by atoms with Crippen molar-refractivity contribution >= 4 is 27.5 Å². The van der Waals surface area contributed by atoms with Crippen LogP contribution in [0.1, 0.15) is 37.8 Å². The van der Waals surface area contributed by atoms with Crippen molar-refractivity contribution in [2.24, 2.45) is 5.73 Å². The Morgan fingerprint density at radius 2 is 1.74 bits per heavy atom. The standard InChI is InChI=1S/C24H31N5O4S/c25-23(31)24(21-7-2-3-13-26-21)12-6-14-28(18-24)17-22(30)27-19-8-10-20(11-9-19)34(32,33)29-15-4-1-5-16-29/h2-3,7-11,13H,1,4-6,12,14-18H2,(H2,25,31)(H,27,30)/t24-/m1/s1. The smallest absolute Gasteiger partial charge is 0.243 e. The molecule has 182 valence electrons. The third kappa shape index (κ3) is 5.13. The molecular weight excluding hydrogens is 454 g/mol. The SMILES string of the molecule is NC(=O)[C@]1(c2ccccn2)CCCN(CC(=O)Nc2ccc(S(=O)(=O)N3CCCCC3)cc2)C1. The maximum absolute atomic E-state index is 12.8. The maximum atomic E-state index is 12.8. The predicted molar refractivity (Wildman–Crippen MR) is 128 cm³/mol. The third-order valence-corrected chi connectivity index (χ3v) is 8.57. The van der Waals surface area contributed by atoms with Gasteiger partial charge in [0.15, 0.2) is 0 Å². The molecule has 2 aliphatic heterocycles. The predicted octanol–water partition coefficient (Wildman–Crippen LogP) is 1.71. The zero-order valence-electron chi connectivity index (χ0n) is 19.2. The number of pyridine rings is 1. The van der Waals surface area contributed by atoms with Gasteiger partial charge in [-0.3, -0.25) is 19.5 Å². The second kappa shape index (κ2) is 10.2. The number of nitrogens with two attached hydrogens (primary N) is 1. The topological polar surface area (TPSA) is 126 Å². The highest BCUT2D eigenvalue weighted by Gasteiger charge is 2.43. The summed E-state index contributed by atoms with van der Waals surface area (Å²) in [6.45, 7) is 2.17. The summed E-state index contributed by atoms with van der Waals surface area (Å²) in [5.74, 6) is -0.685. The fourth-order valence-electron chi connectivity index (χ4n) is 4.83. The number of nitrogens with zero attached hydrogens (tertiary/aromatic N) is 3. The number of anilines is 1. The van der Waals surface area contributed by atoms with E-state index in [2.05, 4.69) is 10.3 Å². The van der Waals surface area contributed by atoms with Gasteiger partial charge in [-0.15, -0.1) is 0 Å². The number of carbonyl (C=O) groups excluding carboxylic acids is 2. The summed E-state index contributed by atoms with van der Waals surface area (Å²) in [7, 11) is -3.51. The molecule has 3 heterocycles. The van der Waals surface area contributed by atoms with Gasteiger partial charge >= 0.3 is 0 Å². The molecule has 0 bridgehead atoms. The number of hydrogen-bond donors (Lipinski definition) is 2. The van der Waals surface area contributed by atoms with Crippen LogP contribution in [0.3, 0.4) is 0 Å². The van der Waals surface area contributed by atoms with Crippen LogP contribution in [0, 0.1) is 0 Å². The molecule has 1 aromatic heterocycles. The molecule has 2 aromatic rings. The number of amides is 2. The van der Waals surface area contributed by atoms with Crippen molar-refractivity contribution in [3.8, 4) is 0 Å². The van der Waals surface area contributed by atoms with Gasteiger partial charge in [-0.25, -0.2) is 8.42 Å². The van der Waals surface area contributed by atoms with Crippen LogP contribution in [0.4, 0.5) is 5.69 Å². The van der Waals surface area contributed by atoms with Crippen molar-refractivity contribution in [1.82, 2.24) is 14.2 Å². The van der Waals surface area contributed by atoms with E-state index in [1.807, 2.05) is 11.0 Å². The lowest BCUT2D eigenvalue weighted by Gasteiger charge is -2.40. The van der Waals surface area contributed by atoms with Gasteiger partial charge in [0.05, 0.1) is 17.1 Å². The van der Waals surface area contributed by atoms with Gasteiger partial charge in [0.2, 0.25) is 21.8 Å². The summed E-state index contributed by atoms with van der Waals surface area (Å²) in [5, 5.41) is 2.82. The highest BCUT2D eigenvalue weighted by atomic mass is 32.2. The van der Waals surface area contributed by atoms with Crippen LogP contribution in [0.25, 0.3) is 0 Å². The molecule has 0 aliphatic carbocycles. The van der Waals surface area contributed by atoms with Crippen molar-refractivity contribution in [1.29, 1.82) is 0 Å². The number of hydrogen-bond acceptors (Lipinski definition) is 6. The van der Waals surface area contributed by atoms with E-state index in [1.54, 1.807) is 30.5 Å². The van der Waals surface area contributed by atoms with Crippen molar-refractivity contribution < 1.29 is 18.0 Å². The lowest BCUT2D eigenvalue weighted by Crippen LogP contribution is -2.55. The number of carbonyl (C=O) groups is 2. The molecule has 2 amide bonds. The molecule has 3 N–H and O–H groups in total. The minimum Gasteiger partial charge on any atom is -0.369 e. The van der Waals surface area contributed by atoms with E-state index in [4.69, 9.17) is 5.73 Å². The normalized spacial score (nSPS) is 22.2. The van der Waals surface area contributed by atoms with Gasteiger partial charge in [0, 0.05) is 31.5 Å². The van der Waals surface area contributed by atoms with Crippen LogP contribution < -0.4 is 11.1 Å². The van der Waals surface area contributed by atoms with Gasteiger partial charge in [0.25, 0.3) is 0 Å². The lowest BCUT2D eigenvalue weighted by molar-refractivity contribution is -0.127. The van der Waals surface area contributed by atoms with Crippen LogP contribution in [0.2, 0.25) is 0 Å². The fourth-order valence-corrected chi connectivity index (χ4v) is 6.35. The third-order valence-electron chi connectivity index (χ3n) is 6.66. The first-order valence-corrected chi connectivity index (χ1v) is 13.1. The first-order chi connectivity index (χ1) is 16.3. The van der Waals surface area contributed by atoms with Crippen molar-refractivity contribution in [3.05, 3.63) is 54.4 Å². The van der Waals surface area contributed by atoms with Crippen molar-refractivity contribution in [2.75, 3.05) is 38.0 Å². The van der Waals surface area contributed by atoms with Gasteiger partial charge in [-0.05, 0) is 68.6 Å². The molecule has 0 unspecified atom stereocenters. The zero-order chi connectivity index (χ0) is 24.2.